The van der Waals surface area contributed by atoms with Crippen molar-refractivity contribution in [3.63, 3.8) is 0 Å². The highest BCUT2D eigenvalue weighted by atomic mass is 16.4. The first-order valence-electron chi connectivity index (χ1n) is 10.5. The van der Waals surface area contributed by atoms with Crippen molar-refractivity contribution in [3.8, 4) is 0 Å². The predicted molar refractivity (Wildman–Crippen MR) is 118 cm³/mol. The minimum absolute atomic E-state index is 0.0148. The molecule has 168 valence electrons. The third kappa shape index (κ3) is 4.26. The third-order valence-electron chi connectivity index (χ3n) is 5.86. The Morgan fingerprint density at radius 2 is 1.69 bits per heavy atom. The molecule has 1 heterocycles. The van der Waals surface area contributed by atoms with E-state index in [2.05, 4.69) is 5.11 Å². The zero-order valence-corrected chi connectivity index (χ0v) is 18.5. The van der Waals surface area contributed by atoms with E-state index < -0.39 is 29.5 Å². The SMILES string of the molecule is CC(C)C[C@H](C(=O)O)N1C(=O)N(Cc2ccccc2)[C@@](C)(c2ccc(CN=N)cc2)C1=O. The van der Waals surface area contributed by atoms with E-state index in [0.29, 0.717) is 5.56 Å². The number of rotatable bonds is 9. The monoisotopic (exact) mass is 436 g/mol. The largest absolute Gasteiger partial charge is 0.480 e. The third-order valence-corrected chi connectivity index (χ3v) is 5.86. The Balaban J connectivity index is 2.09. The molecule has 1 fully saturated rings. The molecule has 0 aliphatic carbocycles. The van der Waals surface area contributed by atoms with Gasteiger partial charge in [-0.25, -0.2) is 20.0 Å². The van der Waals surface area contributed by atoms with E-state index in [9.17, 15) is 19.5 Å². The van der Waals surface area contributed by atoms with Crippen molar-refractivity contribution in [1.29, 1.82) is 5.53 Å². The number of benzene rings is 2. The van der Waals surface area contributed by atoms with Crippen molar-refractivity contribution in [3.05, 3.63) is 71.3 Å². The van der Waals surface area contributed by atoms with Gasteiger partial charge in [0.25, 0.3) is 5.91 Å². The summed E-state index contributed by atoms with van der Waals surface area (Å²) in [5.74, 6) is -1.76. The number of hydrogen-bond acceptors (Lipinski definition) is 5. The average Bonchev–Trinajstić information content (AvgIpc) is 2.94. The maximum absolute atomic E-state index is 13.7. The van der Waals surface area contributed by atoms with Crippen LogP contribution in [0.3, 0.4) is 0 Å². The van der Waals surface area contributed by atoms with Crippen molar-refractivity contribution in [2.75, 3.05) is 0 Å². The molecule has 0 bridgehead atoms. The fourth-order valence-corrected chi connectivity index (χ4v) is 4.09. The Hall–Kier alpha value is -3.55. The van der Waals surface area contributed by atoms with Gasteiger partial charge in [0, 0.05) is 6.54 Å². The summed E-state index contributed by atoms with van der Waals surface area (Å²) in [7, 11) is 0. The fraction of sp³-hybridized carbons (Fsp3) is 0.375. The van der Waals surface area contributed by atoms with Crippen LogP contribution in [-0.4, -0.2) is 38.9 Å². The van der Waals surface area contributed by atoms with E-state index >= 15 is 0 Å². The zero-order valence-electron chi connectivity index (χ0n) is 18.5. The van der Waals surface area contributed by atoms with E-state index in [1.54, 1.807) is 31.2 Å². The van der Waals surface area contributed by atoms with Crippen LogP contribution in [0.5, 0.6) is 0 Å². The van der Waals surface area contributed by atoms with Gasteiger partial charge in [-0.1, -0.05) is 68.4 Å². The van der Waals surface area contributed by atoms with Crippen LogP contribution in [0.4, 0.5) is 4.79 Å². The van der Waals surface area contributed by atoms with Crippen LogP contribution in [0.25, 0.3) is 0 Å². The number of carbonyl (C=O) groups is 3. The van der Waals surface area contributed by atoms with Gasteiger partial charge in [0.15, 0.2) is 0 Å². The average molecular weight is 437 g/mol. The number of carboxylic acids is 1. The van der Waals surface area contributed by atoms with Gasteiger partial charge < -0.3 is 10.0 Å². The molecule has 1 aliphatic rings. The predicted octanol–water partition coefficient (Wildman–Crippen LogP) is 4.40. The van der Waals surface area contributed by atoms with Gasteiger partial charge >= 0.3 is 12.0 Å². The number of hydrogen-bond donors (Lipinski definition) is 2. The van der Waals surface area contributed by atoms with Crippen LogP contribution in [0.2, 0.25) is 0 Å². The Bertz CT molecular complexity index is 1010. The first-order chi connectivity index (χ1) is 15.2. The zero-order chi connectivity index (χ0) is 23.5. The van der Waals surface area contributed by atoms with Crippen LogP contribution in [-0.2, 0) is 28.2 Å². The fourth-order valence-electron chi connectivity index (χ4n) is 4.09. The normalized spacial score (nSPS) is 19.5. The van der Waals surface area contributed by atoms with Crippen molar-refractivity contribution in [2.24, 2.45) is 11.0 Å². The van der Waals surface area contributed by atoms with Gasteiger partial charge in [0.2, 0.25) is 0 Å². The lowest BCUT2D eigenvalue weighted by molar-refractivity contribution is -0.148. The van der Waals surface area contributed by atoms with Gasteiger partial charge in [-0.3, -0.25) is 4.79 Å². The number of imide groups is 1. The standard InChI is InChI=1S/C24H28N4O4/c1-16(2)13-20(21(29)30)28-22(31)24(3,19-11-9-17(10-12-19)14-26-25)27(23(28)32)15-18-7-5-4-6-8-18/h4-12,16,20,25H,13-15H2,1-3H3,(H,29,30)/t20-,24+/m1/s1. The van der Waals surface area contributed by atoms with Crippen LogP contribution in [0, 0.1) is 11.4 Å². The summed E-state index contributed by atoms with van der Waals surface area (Å²) in [5.41, 5.74) is 7.89. The lowest BCUT2D eigenvalue weighted by Gasteiger charge is -2.32. The van der Waals surface area contributed by atoms with Crippen LogP contribution in [0.1, 0.15) is 43.9 Å². The molecule has 8 nitrogen and oxygen atoms in total. The summed E-state index contributed by atoms with van der Waals surface area (Å²) in [6.07, 6.45) is 0.173. The van der Waals surface area contributed by atoms with Crippen LogP contribution >= 0.6 is 0 Å². The molecule has 1 saturated heterocycles. The smallest absolute Gasteiger partial charge is 0.329 e. The molecule has 32 heavy (non-hydrogen) atoms. The first kappa shape index (κ1) is 23.1. The molecule has 2 N–H and O–H groups in total. The summed E-state index contributed by atoms with van der Waals surface area (Å²) in [4.78, 5) is 41.7. The lowest BCUT2D eigenvalue weighted by Crippen LogP contribution is -2.47. The highest BCUT2D eigenvalue weighted by Gasteiger charge is 2.58. The topological polar surface area (TPSA) is 114 Å². The number of aliphatic carboxylic acids is 1. The van der Waals surface area contributed by atoms with Gasteiger partial charge in [-0.05, 0) is 36.0 Å². The Kier molecular flexibility index (Phi) is 6.72. The second-order valence-corrected chi connectivity index (χ2v) is 8.60. The Labute approximate surface area is 187 Å². The minimum atomic E-state index is -1.37. The molecule has 2 aromatic rings. The molecule has 3 rings (SSSR count). The summed E-state index contributed by atoms with van der Waals surface area (Å²) in [6, 6.07) is 14.5. The van der Waals surface area contributed by atoms with E-state index in [4.69, 9.17) is 5.53 Å². The summed E-state index contributed by atoms with van der Waals surface area (Å²) in [6.45, 7) is 5.76. The summed E-state index contributed by atoms with van der Waals surface area (Å²) >= 11 is 0. The second-order valence-electron chi connectivity index (χ2n) is 8.60. The maximum atomic E-state index is 13.7. The molecule has 1 aliphatic heterocycles. The van der Waals surface area contributed by atoms with Gasteiger partial charge in [0.05, 0.1) is 6.54 Å². The Morgan fingerprint density at radius 1 is 1.06 bits per heavy atom. The van der Waals surface area contributed by atoms with Gasteiger partial charge in [0.1, 0.15) is 11.6 Å². The van der Waals surface area contributed by atoms with E-state index in [-0.39, 0.29) is 25.4 Å². The summed E-state index contributed by atoms with van der Waals surface area (Å²) in [5, 5.41) is 13.2. The van der Waals surface area contributed by atoms with Crippen molar-refractivity contribution < 1.29 is 19.5 Å². The molecule has 2 atom stereocenters. The van der Waals surface area contributed by atoms with Crippen LogP contribution in [0.15, 0.2) is 59.7 Å². The quantitative estimate of drug-likeness (QED) is 0.448. The number of carboxylic acid groups (broad SMARTS) is 1. The summed E-state index contributed by atoms with van der Waals surface area (Å²) < 4.78 is 0. The van der Waals surface area contributed by atoms with Crippen molar-refractivity contribution in [2.45, 2.75) is 51.9 Å². The molecule has 0 radical (unpaired) electrons. The van der Waals surface area contributed by atoms with E-state index in [0.717, 1.165) is 16.0 Å². The van der Waals surface area contributed by atoms with E-state index in [1.807, 2.05) is 44.2 Å². The molecule has 0 saturated carbocycles. The molecule has 0 unspecified atom stereocenters. The number of urea groups is 1. The molecule has 0 spiro atoms. The molecule has 3 amide bonds. The lowest BCUT2D eigenvalue weighted by atomic mass is 9.88. The Morgan fingerprint density at radius 3 is 2.22 bits per heavy atom. The second kappa shape index (κ2) is 9.30. The number of amides is 3. The van der Waals surface area contributed by atoms with Gasteiger partial charge in [-0.15, -0.1) is 0 Å². The highest BCUT2D eigenvalue weighted by molar-refractivity contribution is 6.09. The van der Waals surface area contributed by atoms with E-state index in [1.165, 1.54) is 4.90 Å². The number of nitrogens with zero attached hydrogens (tertiary/aromatic N) is 3. The minimum Gasteiger partial charge on any atom is -0.480 e. The molecular formula is C24H28N4O4. The van der Waals surface area contributed by atoms with Crippen LogP contribution < -0.4 is 0 Å². The molecule has 0 aromatic heterocycles. The number of carbonyl (C=O) groups excluding carboxylic acids is 2. The molecular weight excluding hydrogens is 408 g/mol. The van der Waals surface area contributed by atoms with Crippen molar-refractivity contribution >= 4 is 17.9 Å². The molecule has 8 heteroatoms. The molecule has 2 aromatic carbocycles. The van der Waals surface area contributed by atoms with Gasteiger partial charge in [-0.2, -0.15) is 5.11 Å². The number of nitrogens with one attached hydrogen (secondary N) is 1. The van der Waals surface area contributed by atoms with Crippen molar-refractivity contribution in [1.82, 2.24) is 9.80 Å². The maximum Gasteiger partial charge on any atom is 0.329 e. The first-order valence-corrected chi connectivity index (χ1v) is 10.5. The highest BCUT2D eigenvalue weighted by Crippen LogP contribution is 2.40.